The molecule has 0 saturated carbocycles. The van der Waals surface area contributed by atoms with Gasteiger partial charge in [0.2, 0.25) is 0 Å². The molecule has 0 aromatic carbocycles. The fourth-order valence-electron chi connectivity index (χ4n) is 1.36. The predicted molar refractivity (Wildman–Crippen MR) is 65.7 cm³/mol. The van der Waals surface area contributed by atoms with Crippen molar-refractivity contribution in [3.8, 4) is 11.8 Å². The first-order valence-electron chi connectivity index (χ1n) is 6.00. The molecule has 0 rings (SSSR count). The van der Waals surface area contributed by atoms with Gasteiger partial charge in [-0.2, -0.15) is 0 Å². The summed E-state index contributed by atoms with van der Waals surface area (Å²) in [6.07, 6.45) is 2.66. The molecule has 0 aliphatic rings. The zero-order valence-electron chi connectivity index (χ0n) is 10.6. The molecular formula is C13H25NO. The molecule has 0 aliphatic heterocycles. The Morgan fingerprint density at radius 1 is 1.20 bits per heavy atom. The average Bonchev–Trinajstić information content (AvgIpc) is 2.19. The third kappa shape index (κ3) is 7.41. The lowest BCUT2D eigenvalue weighted by Gasteiger charge is -2.23. The molecule has 2 nitrogen and oxygen atoms in total. The largest absolute Gasteiger partial charge is 0.378 e. The van der Waals surface area contributed by atoms with Gasteiger partial charge in [0.05, 0.1) is 0 Å². The Kier molecular flexibility index (Phi) is 7.46. The van der Waals surface area contributed by atoms with Crippen LogP contribution in [0.25, 0.3) is 0 Å². The minimum absolute atomic E-state index is 0.728. The Morgan fingerprint density at radius 3 is 2.27 bits per heavy atom. The Labute approximate surface area is 94.7 Å². The quantitative estimate of drug-likeness (QED) is 0.681. The second kappa shape index (κ2) is 7.73. The molecule has 15 heavy (non-hydrogen) atoms. The maximum absolute atomic E-state index is 9.98. The van der Waals surface area contributed by atoms with Crippen LogP contribution in [0.3, 0.4) is 0 Å². The van der Waals surface area contributed by atoms with Gasteiger partial charge < -0.3 is 10.0 Å². The molecule has 0 spiro atoms. The summed E-state index contributed by atoms with van der Waals surface area (Å²) < 4.78 is 0. The maximum Gasteiger partial charge on any atom is 0.123 e. The van der Waals surface area contributed by atoms with Crippen molar-refractivity contribution in [3.05, 3.63) is 0 Å². The van der Waals surface area contributed by atoms with E-state index in [1.165, 1.54) is 0 Å². The number of aliphatic hydroxyl groups is 1. The van der Waals surface area contributed by atoms with Gasteiger partial charge in [-0.3, -0.25) is 0 Å². The number of rotatable bonds is 6. The lowest BCUT2D eigenvalue weighted by Crippen LogP contribution is -2.31. The molecule has 0 bridgehead atoms. The first-order chi connectivity index (χ1) is 7.05. The van der Waals surface area contributed by atoms with Crippen LogP contribution in [-0.2, 0) is 0 Å². The highest BCUT2D eigenvalue weighted by molar-refractivity contribution is 5.11. The Morgan fingerprint density at radius 2 is 1.80 bits per heavy atom. The van der Waals surface area contributed by atoms with Gasteiger partial charge in [0.1, 0.15) is 5.60 Å². The van der Waals surface area contributed by atoms with Crippen LogP contribution >= 0.6 is 0 Å². The van der Waals surface area contributed by atoms with E-state index < -0.39 is 5.60 Å². The van der Waals surface area contributed by atoms with E-state index in [1.807, 2.05) is 0 Å². The highest BCUT2D eigenvalue weighted by Crippen LogP contribution is 2.09. The van der Waals surface area contributed by atoms with Crippen LogP contribution in [0.2, 0.25) is 0 Å². The molecule has 0 heterocycles. The number of unbranched alkanes of at least 4 members (excludes halogenated alkanes) is 1. The summed E-state index contributed by atoms with van der Waals surface area (Å²) in [5.74, 6) is 5.96. The van der Waals surface area contributed by atoms with Gasteiger partial charge in [-0.15, -0.1) is 5.92 Å². The Bertz CT molecular complexity index is 208. The first-order valence-corrected chi connectivity index (χ1v) is 6.00. The van der Waals surface area contributed by atoms with E-state index in [0.717, 1.165) is 38.9 Å². The minimum Gasteiger partial charge on any atom is -0.378 e. The van der Waals surface area contributed by atoms with Crippen LogP contribution in [-0.4, -0.2) is 35.2 Å². The van der Waals surface area contributed by atoms with Gasteiger partial charge in [0, 0.05) is 13.0 Å². The zero-order chi connectivity index (χ0) is 11.7. The molecule has 0 aliphatic carbocycles. The van der Waals surface area contributed by atoms with Crippen molar-refractivity contribution in [1.82, 2.24) is 4.90 Å². The fourth-order valence-corrected chi connectivity index (χ4v) is 1.36. The number of hydrogen-bond donors (Lipinski definition) is 1. The standard InChI is InChI=1S/C13H25NO/c1-5-8-9-10-13(4,15)11-12-14(6-2)7-3/h15H,5-8,11-12H2,1-4H3. The maximum atomic E-state index is 9.98. The zero-order valence-corrected chi connectivity index (χ0v) is 10.6. The summed E-state index contributed by atoms with van der Waals surface area (Å²) in [5, 5.41) is 9.98. The van der Waals surface area contributed by atoms with E-state index in [9.17, 15) is 5.11 Å². The van der Waals surface area contributed by atoms with Crippen LogP contribution in [0.5, 0.6) is 0 Å². The molecule has 0 saturated heterocycles. The lowest BCUT2D eigenvalue weighted by molar-refractivity contribution is 0.0965. The van der Waals surface area contributed by atoms with E-state index in [1.54, 1.807) is 6.92 Å². The Hall–Kier alpha value is -0.520. The summed E-state index contributed by atoms with van der Waals surface area (Å²) in [7, 11) is 0. The SMILES string of the molecule is CCCC#CC(C)(O)CCN(CC)CC. The third-order valence-corrected chi connectivity index (χ3v) is 2.54. The topological polar surface area (TPSA) is 23.5 Å². The molecular weight excluding hydrogens is 186 g/mol. The van der Waals surface area contributed by atoms with Crippen LogP contribution in [0.4, 0.5) is 0 Å². The van der Waals surface area contributed by atoms with E-state index in [2.05, 4.69) is 37.5 Å². The van der Waals surface area contributed by atoms with Crippen molar-refractivity contribution in [2.75, 3.05) is 19.6 Å². The molecule has 88 valence electrons. The average molecular weight is 211 g/mol. The fraction of sp³-hybridized carbons (Fsp3) is 0.846. The van der Waals surface area contributed by atoms with Crippen molar-refractivity contribution in [1.29, 1.82) is 0 Å². The van der Waals surface area contributed by atoms with Gasteiger partial charge in [-0.1, -0.05) is 26.7 Å². The lowest BCUT2D eigenvalue weighted by atomic mass is 10.0. The molecule has 0 aromatic heterocycles. The first kappa shape index (κ1) is 14.5. The second-order valence-electron chi connectivity index (χ2n) is 4.10. The monoisotopic (exact) mass is 211 g/mol. The summed E-state index contributed by atoms with van der Waals surface area (Å²) in [4.78, 5) is 2.30. The van der Waals surface area contributed by atoms with E-state index in [-0.39, 0.29) is 0 Å². The van der Waals surface area contributed by atoms with Gasteiger partial charge in [-0.05, 0) is 32.9 Å². The molecule has 1 unspecified atom stereocenters. The summed E-state index contributed by atoms with van der Waals surface area (Å²) in [6.45, 7) is 11.2. The van der Waals surface area contributed by atoms with Gasteiger partial charge in [-0.25, -0.2) is 0 Å². The highest BCUT2D eigenvalue weighted by Gasteiger charge is 2.17. The van der Waals surface area contributed by atoms with Crippen LogP contribution in [0.15, 0.2) is 0 Å². The molecule has 1 N–H and O–H groups in total. The normalized spacial score (nSPS) is 14.5. The molecule has 0 radical (unpaired) electrons. The second-order valence-corrected chi connectivity index (χ2v) is 4.10. The smallest absolute Gasteiger partial charge is 0.123 e. The minimum atomic E-state index is -0.822. The van der Waals surface area contributed by atoms with Crippen molar-refractivity contribution >= 4 is 0 Å². The van der Waals surface area contributed by atoms with Crippen molar-refractivity contribution < 1.29 is 5.11 Å². The van der Waals surface area contributed by atoms with E-state index in [4.69, 9.17) is 0 Å². The van der Waals surface area contributed by atoms with E-state index in [0.29, 0.717) is 0 Å². The highest BCUT2D eigenvalue weighted by atomic mass is 16.3. The molecule has 0 aromatic rings. The van der Waals surface area contributed by atoms with Gasteiger partial charge in [0.25, 0.3) is 0 Å². The summed E-state index contributed by atoms with van der Waals surface area (Å²) in [5.41, 5.74) is -0.822. The van der Waals surface area contributed by atoms with Crippen molar-refractivity contribution in [3.63, 3.8) is 0 Å². The van der Waals surface area contributed by atoms with Crippen LogP contribution in [0.1, 0.15) is 47.0 Å². The summed E-state index contributed by atoms with van der Waals surface area (Å²) >= 11 is 0. The molecule has 0 amide bonds. The number of hydrogen-bond acceptors (Lipinski definition) is 2. The van der Waals surface area contributed by atoms with Crippen LogP contribution < -0.4 is 0 Å². The van der Waals surface area contributed by atoms with Crippen LogP contribution in [0, 0.1) is 11.8 Å². The van der Waals surface area contributed by atoms with E-state index >= 15 is 0 Å². The summed E-state index contributed by atoms with van der Waals surface area (Å²) in [6, 6.07) is 0. The predicted octanol–water partition coefficient (Wildman–Crippen LogP) is 2.27. The van der Waals surface area contributed by atoms with Crippen molar-refractivity contribution in [2.45, 2.75) is 52.6 Å². The molecule has 1 atom stereocenters. The van der Waals surface area contributed by atoms with Gasteiger partial charge >= 0.3 is 0 Å². The molecule has 2 heteroatoms. The third-order valence-electron chi connectivity index (χ3n) is 2.54. The number of nitrogens with zero attached hydrogens (tertiary/aromatic N) is 1. The van der Waals surface area contributed by atoms with Crippen molar-refractivity contribution in [2.24, 2.45) is 0 Å². The molecule has 0 fully saturated rings. The Balaban J connectivity index is 3.98. The van der Waals surface area contributed by atoms with Gasteiger partial charge in [0.15, 0.2) is 0 Å².